The third-order valence-electron chi connectivity index (χ3n) is 10.3. The minimum atomic E-state index is -0.596. The lowest BCUT2D eigenvalue weighted by Gasteiger charge is -2.64. The number of aldehydes is 1. The first kappa shape index (κ1) is 19.8. The van der Waals surface area contributed by atoms with Crippen LogP contribution in [0, 0.1) is 34.0 Å². The number of epoxide rings is 1. The largest absolute Gasteiger partial charge is 0.458 e. The van der Waals surface area contributed by atoms with Crippen molar-refractivity contribution in [2.75, 3.05) is 6.61 Å². The summed E-state index contributed by atoms with van der Waals surface area (Å²) >= 11 is 0. The van der Waals surface area contributed by atoms with Gasteiger partial charge in [0.1, 0.15) is 12.4 Å². The van der Waals surface area contributed by atoms with Crippen molar-refractivity contribution in [3.63, 3.8) is 0 Å². The van der Waals surface area contributed by atoms with Crippen molar-refractivity contribution in [1.29, 1.82) is 0 Å². The first-order valence-corrected chi connectivity index (χ1v) is 11.7. The van der Waals surface area contributed by atoms with Crippen LogP contribution in [-0.4, -0.2) is 30.6 Å². The van der Waals surface area contributed by atoms with Gasteiger partial charge in [0.05, 0.1) is 17.6 Å². The van der Waals surface area contributed by atoms with Gasteiger partial charge >= 0.3 is 5.97 Å². The van der Waals surface area contributed by atoms with E-state index in [1.807, 2.05) is 6.92 Å². The highest BCUT2D eigenvalue weighted by Gasteiger charge is 2.72. The average molecular weight is 401 g/mol. The number of fused-ring (bicyclic) bond motifs is 4. The minimum absolute atomic E-state index is 0.151. The molecule has 0 aromatic heterocycles. The fraction of sp³-hybridized carbons (Fsp3) is 0.840. The lowest BCUT2D eigenvalue weighted by atomic mass is 9.40. The molecule has 8 atom stereocenters. The lowest BCUT2D eigenvalue weighted by Crippen LogP contribution is -2.61. The molecule has 0 unspecified atom stereocenters. The smallest absolute Gasteiger partial charge is 0.333 e. The van der Waals surface area contributed by atoms with Crippen LogP contribution in [0.4, 0.5) is 0 Å². The van der Waals surface area contributed by atoms with Crippen molar-refractivity contribution >= 4 is 12.3 Å². The Morgan fingerprint density at radius 2 is 1.86 bits per heavy atom. The van der Waals surface area contributed by atoms with Gasteiger partial charge in [0, 0.05) is 5.57 Å². The zero-order chi connectivity index (χ0) is 20.7. The molecule has 0 aromatic carbocycles. The predicted molar refractivity (Wildman–Crippen MR) is 110 cm³/mol. The van der Waals surface area contributed by atoms with Gasteiger partial charge in [-0.05, 0) is 101 Å². The summed E-state index contributed by atoms with van der Waals surface area (Å²) in [5.74, 6) is 1.44. The molecule has 0 N–H and O–H groups in total. The molecule has 1 saturated heterocycles. The molecule has 1 heterocycles. The van der Waals surface area contributed by atoms with E-state index in [0.717, 1.165) is 38.1 Å². The van der Waals surface area contributed by atoms with Gasteiger partial charge in [-0.1, -0.05) is 13.0 Å². The van der Waals surface area contributed by atoms with E-state index in [0.29, 0.717) is 16.9 Å². The first-order valence-electron chi connectivity index (χ1n) is 11.7. The van der Waals surface area contributed by atoms with Gasteiger partial charge < -0.3 is 14.3 Å². The fourth-order valence-corrected chi connectivity index (χ4v) is 8.65. The van der Waals surface area contributed by atoms with Gasteiger partial charge in [0.15, 0.2) is 0 Å². The number of hydrogen-bond acceptors (Lipinski definition) is 4. The van der Waals surface area contributed by atoms with Crippen LogP contribution in [0.2, 0.25) is 0 Å². The second-order valence-electron chi connectivity index (χ2n) is 11.4. The van der Waals surface area contributed by atoms with E-state index in [9.17, 15) is 9.59 Å². The third kappa shape index (κ3) is 2.53. The zero-order valence-corrected chi connectivity index (χ0v) is 18.5. The van der Waals surface area contributed by atoms with Crippen molar-refractivity contribution < 1.29 is 19.1 Å². The molecule has 2 bridgehead atoms. The Labute approximate surface area is 174 Å². The molecule has 5 fully saturated rings. The topological polar surface area (TPSA) is 55.9 Å². The van der Waals surface area contributed by atoms with Crippen molar-refractivity contribution in [1.82, 2.24) is 0 Å². The molecule has 0 radical (unpaired) electrons. The number of hydrogen-bond donors (Lipinski definition) is 0. The molecule has 4 nitrogen and oxygen atoms in total. The van der Waals surface area contributed by atoms with E-state index in [4.69, 9.17) is 9.47 Å². The highest BCUT2D eigenvalue weighted by Crippen LogP contribution is 2.74. The van der Waals surface area contributed by atoms with Gasteiger partial charge in [-0.15, -0.1) is 0 Å². The predicted octanol–water partition coefficient (Wildman–Crippen LogP) is 4.86. The zero-order valence-electron chi connectivity index (χ0n) is 18.5. The number of ether oxygens (including phenoxy) is 2. The van der Waals surface area contributed by atoms with E-state index in [2.05, 4.69) is 13.8 Å². The molecule has 1 aliphatic heterocycles. The van der Waals surface area contributed by atoms with E-state index in [-0.39, 0.29) is 29.0 Å². The molecule has 160 valence electrons. The Balaban J connectivity index is 1.45. The number of esters is 1. The minimum Gasteiger partial charge on any atom is -0.458 e. The summed E-state index contributed by atoms with van der Waals surface area (Å²) in [4.78, 5) is 25.0. The maximum atomic E-state index is 12.5. The third-order valence-corrected chi connectivity index (χ3v) is 10.3. The molecular formula is C25H36O4. The summed E-state index contributed by atoms with van der Waals surface area (Å²) < 4.78 is 11.9. The standard InChI is InChI=1S/C25H36O4/c1-5-16(2)21(27)29-20-9-10-22(3)18(23(20,4)14-26)8-11-24-12-17(6-7-19(22)24)25(13-24)15-28-25/h5,14,17-20H,6-13,15H2,1-4H3/b16-5-/t17-,18+,19+,20-,22-,23+,24+,25+/m1/s1. The van der Waals surface area contributed by atoms with Crippen LogP contribution in [0.5, 0.6) is 0 Å². The van der Waals surface area contributed by atoms with Crippen LogP contribution in [-0.2, 0) is 19.1 Å². The molecule has 4 heteroatoms. The molecule has 5 rings (SSSR count). The Morgan fingerprint density at radius 1 is 1.10 bits per heavy atom. The van der Waals surface area contributed by atoms with Crippen molar-refractivity contribution in [2.45, 2.75) is 90.8 Å². The second kappa shape index (κ2) is 6.18. The SMILES string of the molecule is C/C=C(/C)C(=O)O[C@@H]1CC[C@@]2(C)[C@@H]3CC[C@@H]4C[C@@]3(CC[C@@H]2[C@]1(C)C=O)C[C@]41CO1. The quantitative estimate of drug-likeness (QED) is 0.294. The normalized spacial score (nSPS) is 53.2. The average Bonchev–Trinajstić information content (AvgIpc) is 3.44. The maximum absolute atomic E-state index is 12.5. The van der Waals surface area contributed by atoms with Crippen LogP contribution in [0.15, 0.2) is 11.6 Å². The van der Waals surface area contributed by atoms with E-state index >= 15 is 0 Å². The van der Waals surface area contributed by atoms with Crippen LogP contribution >= 0.6 is 0 Å². The molecule has 0 amide bonds. The molecular weight excluding hydrogens is 364 g/mol. The fourth-order valence-electron chi connectivity index (χ4n) is 8.65. The molecule has 29 heavy (non-hydrogen) atoms. The Hall–Kier alpha value is -1.16. The first-order chi connectivity index (χ1) is 13.7. The molecule has 2 spiro atoms. The van der Waals surface area contributed by atoms with Gasteiger partial charge in [-0.25, -0.2) is 4.79 Å². The monoisotopic (exact) mass is 400 g/mol. The van der Waals surface area contributed by atoms with Crippen LogP contribution in [0.25, 0.3) is 0 Å². The summed E-state index contributed by atoms with van der Waals surface area (Å²) in [7, 11) is 0. The summed E-state index contributed by atoms with van der Waals surface area (Å²) in [5, 5.41) is 0. The molecule has 5 aliphatic rings. The summed E-state index contributed by atoms with van der Waals surface area (Å²) in [6.07, 6.45) is 11.9. The molecule has 4 aliphatic carbocycles. The molecule has 4 saturated carbocycles. The van der Waals surface area contributed by atoms with Gasteiger partial charge in [-0.2, -0.15) is 0 Å². The van der Waals surface area contributed by atoms with Gasteiger partial charge in [-0.3, -0.25) is 0 Å². The van der Waals surface area contributed by atoms with E-state index < -0.39 is 5.41 Å². The van der Waals surface area contributed by atoms with Gasteiger partial charge in [0.2, 0.25) is 0 Å². The van der Waals surface area contributed by atoms with E-state index in [1.54, 1.807) is 13.0 Å². The summed E-state index contributed by atoms with van der Waals surface area (Å²) in [6.45, 7) is 9.13. The van der Waals surface area contributed by atoms with Gasteiger partial charge in [0.25, 0.3) is 0 Å². The van der Waals surface area contributed by atoms with Crippen LogP contribution < -0.4 is 0 Å². The highest BCUT2D eigenvalue weighted by molar-refractivity contribution is 5.88. The van der Waals surface area contributed by atoms with Crippen LogP contribution in [0.1, 0.15) is 79.1 Å². The summed E-state index contributed by atoms with van der Waals surface area (Å²) in [5.41, 5.74) is 0.801. The highest BCUT2D eigenvalue weighted by atomic mass is 16.6. The number of carbonyl (C=O) groups excluding carboxylic acids is 2. The van der Waals surface area contributed by atoms with Crippen molar-refractivity contribution in [2.24, 2.45) is 34.0 Å². The Bertz CT molecular complexity index is 767. The van der Waals surface area contributed by atoms with E-state index in [1.165, 1.54) is 32.1 Å². The molecule has 0 aromatic rings. The number of carbonyl (C=O) groups is 2. The summed E-state index contributed by atoms with van der Waals surface area (Å²) in [6, 6.07) is 0. The van der Waals surface area contributed by atoms with Crippen LogP contribution in [0.3, 0.4) is 0 Å². The van der Waals surface area contributed by atoms with Crippen molar-refractivity contribution in [3.8, 4) is 0 Å². The Kier molecular flexibility index (Phi) is 4.22. The van der Waals surface area contributed by atoms with Crippen molar-refractivity contribution in [3.05, 3.63) is 11.6 Å². The maximum Gasteiger partial charge on any atom is 0.333 e. The number of rotatable bonds is 3. The Morgan fingerprint density at radius 3 is 2.52 bits per heavy atom. The number of allylic oxidation sites excluding steroid dienone is 1. The second-order valence-corrected chi connectivity index (χ2v) is 11.4. The lowest BCUT2D eigenvalue weighted by molar-refractivity contribution is -0.196.